The van der Waals surface area contributed by atoms with E-state index in [1.54, 1.807) is 36.7 Å². The van der Waals surface area contributed by atoms with E-state index in [0.29, 0.717) is 41.1 Å². The Morgan fingerprint density at radius 3 is 2.90 bits per heavy atom. The number of furan rings is 1. The number of hydrogen-bond donors (Lipinski definition) is 1. The molecule has 4 aromatic rings. The van der Waals surface area contributed by atoms with Crippen LogP contribution in [0.1, 0.15) is 17.9 Å². The van der Waals surface area contributed by atoms with Crippen LogP contribution in [-0.4, -0.2) is 21.0 Å². The lowest BCUT2D eigenvalue weighted by molar-refractivity contribution is -0.116. The fourth-order valence-electron chi connectivity index (χ4n) is 2.68. The van der Waals surface area contributed by atoms with E-state index >= 15 is 0 Å². The van der Waals surface area contributed by atoms with Crippen LogP contribution in [0.4, 0.5) is 5.69 Å². The van der Waals surface area contributed by atoms with E-state index in [1.807, 2.05) is 25.1 Å². The smallest absolute Gasteiger partial charge is 0.238 e. The minimum atomic E-state index is -0.150. The lowest BCUT2D eigenvalue weighted by Gasteiger charge is -2.11. The van der Waals surface area contributed by atoms with Crippen molar-refractivity contribution in [3.05, 3.63) is 72.6 Å². The summed E-state index contributed by atoms with van der Waals surface area (Å²) in [7, 11) is 0. The number of benzene rings is 1. The molecule has 0 saturated heterocycles. The molecule has 29 heavy (non-hydrogen) atoms. The number of carbonyl (C=O) groups is 1. The van der Waals surface area contributed by atoms with Gasteiger partial charge in [-0.3, -0.25) is 9.78 Å². The maximum atomic E-state index is 12.2. The van der Waals surface area contributed by atoms with Crippen LogP contribution in [-0.2, 0) is 11.2 Å². The highest BCUT2D eigenvalue weighted by Gasteiger charge is 2.13. The molecule has 1 N–H and O–H groups in total. The minimum absolute atomic E-state index is 0.150. The number of aromatic nitrogens is 3. The molecule has 0 saturated carbocycles. The summed E-state index contributed by atoms with van der Waals surface area (Å²) in [5.74, 6) is 2.47. The summed E-state index contributed by atoms with van der Waals surface area (Å²) in [6, 6.07) is 12.6. The second-order valence-electron chi connectivity index (χ2n) is 6.31. The van der Waals surface area contributed by atoms with Gasteiger partial charge in [-0.05, 0) is 55.0 Å². The van der Waals surface area contributed by atoms with Gasteiger partial charge in [-0.25, -0.2) is 0 Å². The molecule has 0 aliphatic carbocycles. The molecule has 1 aromatic carbocycles. The summed E-state index contributed by atoms with van der Waals surface area (Å²) < 4.78 is 16.2. The van der Waals surface area contributed by atoms with Gasteiger partial charge >= 0.3 is 0 Å². The van der Waals surface area contributed by atoms with E-state index in [0.717, 1.165) is 5.56 Å². The van der Waals surface area contributed by atoms with Crippen molar-refractivity contribution in [2.75, 3.05) is 5.32 Å². The maximum Gasteiger partial charge on any atom is 0.238 e. The predicted octanol–water partition coefficient (Wildman–Crippen LogP) is 4.40. The number of pyridine rings is 1. The fraction of sp³-hybridized carbons (Fsp3) is 0.143. The first-order valence-corrected chi connectivity index (χ1v) is 9.02. The number of amides is 1. The van der Waals surface area contributed by atoms with Crippen LogP contribution in [0.2, 0.25) is 0 Å². The van der Waals surface area contributed by atoms with E-state index in [1.165, 1.54) is 6.26 Å². The molecule has 8 nitrogen and oxygen atoms in total. The van der Waals surface area contributed by atoms with Crippen molar-refractivity contribution in [1.29, 1.82) is 0 Å². The Morgan fingerprint density at radius 2 is 2.14 bits per heavy atom. The van der Waals surface area contributed by atoms with Crippen molar-refractivity contribution < 1.29 is 18.5 Å². The molecular weight excluding hydrogens is 372 g/mol. The largest absolute Gasteiger partial charge is 0.461 e. The first-order valence-electron chi connectivity index (χ1n) is 9.02. The molecule has 4 rings (SSSR count). The van der Waals surface area contributed by atoms with Crippen LogP contribution < -0.4 is 10.1 Å². The Morgan fingerprint density at radius 1 is 1.21 bits per heavy atom. The summed E-state index contributed by atoms with van der Waals surface area (Å²) in [5.41, 5.74) is 1.58. The molecule has 146 valence electrons. The maximum absolute atomic E-state index is 12.2. The Balaban J connectivity index is 1.32. The van der Waals surface area contributed by atoms with E-state index in [4.69, 9.17) is 13.7 Å². The quantitative estimate of drug-likeness (QED) is 0.499. The monoisotopic (exact) mass is 390 g/mol. The van der Waals surface area contributed by atoms with Crippen molar-refractivity contribution in [2.24, 2.45) is 0 Å². The van der Waals surface area contributed by atoms with Crippen LogP contribution in [0.25, 0.3) is 11.6 Å². The number of hydrogen-bond acceptors (Lipinski definition) is 7. The standard InChI is InChI=1S/C21H18N4O4/c1-14-12-15(6-7-17(14)28-16-4-2-10-22-13-16)23-19(26)8-9-20-24-21(25-29-20)18-5-3-11-27-18/h2-7,10-13H,8-9H2,1H3,(H,23,26). The molecule has 8 heteroatoms. The van der Waals surface area contributed by atoms with Crippen LogP contribution in [0, 0.1) is 6.92 Å². The third kappa shape index (κ3) is 4.67. The van der Waals surface area contributed by atoms with Gasteiger partial charge in [-0.15, -0.1) is 0 Å². The summed E-state index contributed by atoms with van der Waals surface area (Å²) >= 11 is 0. The molecular formula is C21H18N4O4. The van der Waals surface area contributed by atoms with Gasteiger partial charge in [-0.1, -0.05) is 5.16 Å². The first-order chi connectivity index (χ1) is 14.2. The summed E-state index contributed by atoms with van der Waals surface area (Å²) in [6.45, 7) is 1.91. The second-order valence-corrected chi connectivity index (χ2v) is 6.31. The minimum Gasteiger partial charge on any atom is -0.461 e. The average molecular weight is 390 g/mol. The van der Waals surface area contributed by atoms with Gasteiger partial charge in [0.2, 0.25) is 17.6 Å². The van der Waals surface area contributed by atoms with Crippen molar-refractivity contribution in [3.63, 3.8) is 0 Å². The Hall–Kier alpha value is -3.94. The van der Waals surface area contributed by atoms with Crippen molar-refractivity contribution in [2.45, 2.75) is 19.8 Å². The molecule has 3 aromatic heterocycles. The zero-order valence-electron chi connectivity index (χ0n) is 15.7. The molecule has 0 fully saturated rings. The van der Waals surface area contributed by atoms with Crippen LogP contribution in [0.5, 0.6) is 11.5 Å². The molecule has 0 unspecified atom stereocenters. The number of nitrogens with zero attached hydrogens (tertiary/aromatic N) is 3. The molecule has 0 spiro atoms. The highest BCUT2D eigenvalue weighted by atomic mass is 16.5. The first kappa shape index (κ1) is 18.4. The average Bonchev–Trinajstić information content (AvgIpc) is 3.41. The van der Waals surface area contributed by atoms with Gasteiger partial charge in [0, 0.05) is 24.7 Å². The van der Waals surface area contributed by atoms with Crippen LogP contribution in [0.15, 0.2) is 70.1 Å². The number of anilines is 1. The Bertz CT molecular complexity index is 1090. The highest BCUT2D eigenvalue weighted by Crippen LogP contribution is 2.27. The molecule has 0 aliphatic rings. The second kappa shape index (κ2) is 8.39. The molecule has 0 bridgehead atoms. The van der Waals surface area contributed by atoms with Gasteiger partial charge in [0.1, 0.15) is 11.5 Å². The van der Waals surface area contributed by atoms with Gasteiger partial charge in [0.05, 0.1) is 12.5 Å². The third-order valence-electron chi connectivity index (χ3n) is 4.10. The van der Waals surface area contributed by atoms with E-state index in [2.05, 4.69) is 20.4 Å². The number of ether oxygens (including phenoxy) is 1. The Labute approximate surface area is 166 Å². The van der Waals surface area contributed by atoms with Gasteiger partial charge in [0.25, 0.3) is 0 Å². The molecule has 0 aliphatic heterocycles. The van der Waals surface area contributed by atoms with E-state index in [9.17, 15) is 4.79 Å². The zero-order chi connectivity index (χ0) is 20.1. The number of carbonyl (C=O) groups excluding carboxylic acids is 1. The lowest BCUT2D eigenvalue weighted by Crippen LogP contribution is -2.12. The SMILES string of the molecule is Cc1cc(NC(=O)CCc2nc(-c3ccco3)no2)ccc1Oc1cccnc1. The number of aryl methyl sites for hydroxylation is 2. The van der Waals surface area contributed by atoms with Crippen LogP contribution in [0.3, 0.4) is 0 Å². The molecule has 1 amide bonds. The third-order valence-corrected chi connectivity index (χ3v) is 4.10. The van der Waals surface area contributed by atoms with Crippen molar-refractivity contribution in [3.8, 4) is 23.1 Å². The van der Waals surface area contributed by atoms with E-state index < -0.39 is 0 Å². The molecule has 0 atom stereocenters. The summed E-state index contributed by atoms with van der Waals surface area (Å²) in [4.78, 5) is 20.5. The predicted molar refractivity (Wildman–Crippen MR) is 104 cm³/mol. The van der Waals surface area contributed by atoms with Gasteiger partial charge in [0.15, 0.2) is 5.76 Å². The normalized spacial score (nSPS) is 10.7. The fourth-order valence-corrected chi connectivity index (χ4v) is 2.68. The summed E-state index contributed by atoms with van der Waals surface area (Å²) in [5, 5.41) is 6.71. The van der Waals surface area contributed by atoms with Crippen LogP contribution >= 0.6 is 0 Å². The van der Waals surface area contributed by atoms with Crippen molar-refractivity contribution in [1.82, 2.24) is 15.1 Å². The lowest BCUT2D eigenvalue weighted by atomic mass is 10.2. The summed E-state index contributed by atoms with van der Waals surface area (Å²) in [6.07, 6.45) is 5.41. The molecule has 3 heterocycles. The zero-order valence-corrected chi connectivity index (χ0v) is 15.7. The van der Waals surface area contributed by atoms with Gasteiger partial charge < -0.3 is 19.0 Å². The number of rotatable bonds is 7. The highest BCUT2D eigenvalue weighted by molar-refractivity contribution is 5.91. The Kier molecular flexibility index (Phi) is 5.33. The number of nitrogens with one attached hydrogen (secondary N) is 1. The molecule has 0 radical (unpaired) electrons. The van der Waals surface area contributed by atoms with Crippen molar-refractivity contribution >= 4 is 11.6 Å². The topological polar surface area (TPSA) is 103 Å². The van der Waals surface area contributed by atoms with E-state index in [-0.39, 0.29) is 12.3 Å². The van der Waals surface area contributed by atoms with Gasteiger partial charge in [-0.2, -0.15) is 4.98 Å².